The van der Waals surface area contributed by atoms with Crippen LogP contribution in [0.2, 0.25) is 0 Å². The van der Waals surface area contributed by atoms with E-state index in [1.807, 2.05) is 12.1 Å². The van der Waals surface area contributed by atoms with Crippen molar-refractivity contribution in [1.29, 1.82) is 0 Å². The minimum absolute atomic E-state index is 0.696. The lowest BCUT2D eigenvalue weighted by Crippen LogP contribution is -2.46. The minimum Gasteiger partial charge on any atom is -0.338 e. The summed E-state index contributed by atoms with van der Waals surface area (Å²) in [5, 5.41) is 3.38. The van der Waals surface area contributed by atoms with Crippen LogP contribution in [-0.2, 0) is 6.54 Å². The topological polar surface area (TPSA) is 70.1 Å². The molecule has 31 heavy (non-hydrogen) atoms. The average molecular weight is 412 g/mol. The number of aromatic nitrogens is 4. The number of rotatable bonds is 5. The Balaban J connectivity index is 1.33. The average Bonchev–Trinajstić information content (AvgIpc) is 2.80. The van der Waals surface area contributed by atoms with Crippen molar-refractivity contribution in [3.63, 3.8) is 0 Å². The van der Waals surface area contributed by atoms with E-state index in [-0.39, 0.29) is 0 Å². The summed E-state index contributed by atoms with van der Waals surface area (Å²) >= 11 is 0. The molecule has 1 aliphatic heterocycles. The highest BCUT2D eigenvalue weighted by atomic mass is 15.3. The number of benzene rings is 2. The van der Waals surface area contributed by atoms with Crippen LogP contribution in [0.15, 0.2) is 67.1 Å². The molecular formula is C24H25N7. The molecule has 5 rings (SSSR count). The minimum atomic E-state index is 0.696. The van der Waals surface area contributed by atoms with Gasteiger partial charge in [-0.25, -0.2) is 19.9 Å². The van der Waals surface area contributed by atoms with Crippen LogP contribution in [0.5, 0.6) is 0 Å². The summed E-state index contributed by atoms with van der Waals surface area (Å²) in [5.41, 5.74) is 4.99. The van der Waals surface area contributed by atoms with Crippen LogP contribution < -0.4 is 10.2 Å². The second-order valence-electron chi connectivity index (χ2n) is 7.87. The van der Waals surface area contributed by atoms with Crippen LogP contribution in [0.4, 0.5) is 17.5 Å². The zero-order chi connectivity index (χ0) is 21.0. The maximum Gasteiger partial charge on any atom is 0.226 e. The highest BCUT2D eigenvalue weighted by Gasteiger charge is 2.20. The van der Waals surface area contributed by atoms with Gasteiger partial charge in [-0.15, -0.1) is 0 Å². The molecule has 156 valence electrons. The van der Waals surface area contributed by atoms with E-state index in [1.54, 1.807) is 12.5 Å². The van der Waals surface area contributed by atoms with Crippen molar-refractivity contribution in [1.82, 2.24) is 24.8 Å². The van der Waals surface area contributed by atoms with E-state index < -0.39 is 0 Å². The van der Waals surface area contributed by atoms with Gasteiger partial charge in [-0.1, -0.05) is 42.5 Å². The fourth-order valence-corrected chi connectivity index (χ4v) is 3.90. The maximum atomic E-state index is 4.84. The standard InChI is InChI=1S/C24H25N7/c1-18-6-5-9-20(14-18)28-23-22-21(26-17-27-23)15-25-24(29-22)31-12-10-30(11-13-31)16-19-7-3-2-4-8-19/h2-9,14-15,17H,10-13,16H2,1H3,(H,26,27,28). The predicted molar refractivity (Wildman–Crippen MR) is 124 cm³/mol. The normalized spacial score (nSPS) is 14.7. The van der Waals surface area contributed by atoms with Crippen LogP contribution in [0.25, 0.3) is 11.0 Å². The Morgan fingerprint density at radius 3 is 2.55 bits per heavy atom. The van der Waals surface area contributed by atoms with Crippen molar-refractivity contribution in [2.24, 2.45) is 0 Å². The summed E-state index contributed by atoms with van der Waals surface area (Å²) in [5.74, 6) is 1.43. The molecule has 4 aromatic rings. The SMILES string of the molecule is Cc1cccc(Nc2ncnc3cnc(N4CCN(Cc5ccccc5)CC4)nc23)c1. The molecule has 7 nitrogen and oxygen atoms in total. The number of nitrogens with one attached hydrogen (secondary N) is 1. The van der Waals surface area contributed by atoms with E-state index in [9.17, 15) is 0 Å². The van der Waals surface area contributed by atoms with E-state index in [0.29, 0.717) is 5.82 Å². The number of aryl methyl sites for hydroxylation is 1. The van der Waals surface area contributed by atoms with E-state index in [1.165, 1.54) is 11.1 Å². The molecule has 1 saturated heterocycles. The van der Waals surface area contributed by atoms with E-state index in [4.69, 9.17) is 4.98 Å². The van der Waals surface area contributed by atoms with Crippen LogP contribution in [-0.4, -0.2) is 51.0 Å². The van der Waals surface area contributed by atoms with Crippen LogP contribution in [0.1, 0.15) is 11.1 Å². The Morgan fingerprint density at radius 2 is 1.74 bits per heavy atom. The van der Waals surface area contributed by atoms with Crippen LogP contribution in [0, 0.1) is 6.92 Å². The van der Waals surface area contributed by atoms with Gasteiger partial charge in [0.1, 0.15) is 17.4 Å². The van der Waals surface area contributed by atoms with E-state index in [0.717, 1.165) is 55.4 Å². The molecule has 0 bridgehead atoms. The molecule has 0 unspecified atom stereocenters. The molecule has 3 heterocycles. The molecule has 0 amide bonds. The summed E-state index contributed by atoms with van der Waals surface area (Å²) in [4.78, 5) is 22.9. The number of nitrogens with zero attached hydrogens (tertiary/aromatic N) is 6. The highest BCUT2D eigenvalue weighted by molar-refractivity contribution is 5.87. The molecule has 1 aliphatic rings. The van der Waals surface area contributed by atoms with Gasteiger partial charge < -0.3 is 10.2 Å². The van der Waals surface area contributed by atoms with Gasteiger partial charge in [0.15, 0.2) is 5.82 Å². The number of piperazine rings is 1. The van der Waals surface area contributed by atoms with Crippen molar-refractivity contribution in [2.45, 2.75) is 13.5 Å². The van der Waals surface area contributed by atoms with Gasteiger partial charge in [0.05, 0.1) is 6.20 Å². The molecule has 0 radical (unpaired) electrons. The Bertz CT molecular complexity index is 1170. The third-order valence-electron chi connectivity index (χ3n) is 5.55. The third kappa shape index (κ3) is 4.46. The zero-order valence-electron chi connectivity index (χ0n) is 17.6. The second kappa shape index (κ2) is 8.65. The molecule has 0 aliphatic carbocycles. The number of hydrogen-bond donors (Lipinski definition) is 1. The highest BCUT2D eigenvalue weighted by Crippen LogP contribution is 2.23. The molecule has 0 spiro atoms. The fourth-order valence-electron chi connectivity index (χ4n) is 3.90. The van der Waals surface area contributed by atoms with Gasteiger partial charge in [-0.05, 0) is 30.2 Å². The summed E-state index contributed by atoms with van der Waals surface area (Å²) in [7, 11) is 0. The van der Waals surface area contributed by atoms with Crippen LogP contribution in [0.3, 0.4) is 0 Å². The molecule has 2 aromatic carbocycles. The Labute approximate surface area is 181 Å². The zero-order valence-corrected chi connectivity index (χ0v) is 17.6. The van der Waals surface area contributed by atoms with E-state index in [2.05, 4.69) is 79.5 Å². The van der Waals surface area contributed by atoms with Crippen molar-refractivity contribution in [3.05, 3.63) is 78.2 Å². The van der Waals surface area contributed by atoms with Gasteiger partial charge >= 0.3 is 0 Å². The summed E-state index contributed by atoms with van der Waals surface area (Å²) < 4.78 is 0. The molecule has 7 heteroatoms. The van der Waals surface area contributed by atoms with Crippen molar-refractivity contribution < 1.29 is 0 Å². The van der Waals surface area contributed by atoms with Gasteiger partial charge in [0, 0.05) is 38.4 Å². The summed E-state index contributed by atoms with van der Waals surface area (Å²) in [6.07, 6.45) is 3.34. The number of hydrogen-bond acceptors (Lipinski definition) is 7. The quantitative estimate of drug-likeness (QED) is 0.536. The van der Waals surface area contributed by atoms with Gasteiger partial charge in [0.25, 0.3) is 0 Å². The Morgan fingerprint density at radius 1 is 0.903 bits per heavy atom. The molecule has 0 atom stereocenters. The lowest BCUT2D eigenvalue weighted by Gasteiger charge is -2.34. The number of fused-ring (bicyclic) bond motifs is 1. The molecule has 2 aromatic heterocycles. The molecule has 0 saturated carbocycles. The monoisotopic (exact) mass is 411 g/mol. The summed E-state index contributed by atoms with van der Waals surface area (Å²) in [6, 6.07) is 18.8. The lowest BCUT2D eigenvalue weighted by molar-refractivity contribution is 0.249. The fraction of sp³-hybridized carbons (Fsp3) is 0.250. The predicted octanol–water partition coefficient (Wildman–Crippen LogP) is 3.79. The molecule has 1 N–H and O–H groups in total. The first-order valence-corrected chi connectivity index (χ1v) is 10.6. The number of anilines is 3. The van der Waals surface area contributed by atoms with Crippen molar-refractivity contribution >= 4 is 28.5 Å². The molecule has 1 fully saturated rings. The molecular weight excluding hydrogens is 386 g/mol. The smallest absolute Gasteiger partial charge is 0.226 e. The summed E-state index contributed by atoms with van der Waals surface area (Å²) in [6.45, 7) is 6.80. The van der Waals surface area contributed by atoms with Crippen LogP contribution >= 0.6 is 0 Å². The first-order chi connectivity index (χ1) is 15.2. The van der Waals surface area contributed by atoms with Crippen molar-refractivity contribution in [2.75, 3.05) is 36.4 Å². The van der Waals surface area contributed by atoms with Gasteiger partial charge in [0.2, 0.25) is 5.95 Å². The Kier molecular flexibility index (Phi) is 5.41. The Hall–Kier alpha value is -3.58. The van der Waals surface area contributed by atoms with Crippen molar-refractivity contribution in [3.8, 4) is 0 Å². The van der Waals surface area contributed by atoms with E-state index >= 15 is 0 Å². The lowest BCUT2D eigenvalue weighted by atomic mass is 10.2. The second-order valence-corrected chi connectivity index (χ2v) is 7.87. The first-order valence-electron chi connectivity index (χ1n) is 10.6. The van der Waals surface area contributed by atoms with Gasteiger partial charge in [-0.2, -0.15) is 0 Å². The maximum absolute atomic E-state index is 4.84. The first kappa shape index (κ1) is 19.4. The third-order valence-corrected chi connectivity index (χ3v) is 5.55. The van der Waals surface area contributed by atoms with Gasteiger partial charge in [-0.3, -0.25) is 4.90 Å². The largest absolute Gasteiger partial charge is 0.338 e.